The Morgan fingerprint density at radius 3 is 2.52 bits per heavy atom. The minimum atomic E-state index is -3.13. The lowest BCUT2D eigenvalue weighted by atomic mass is 10.1. The summed E-state index contributed by atoms with van der Waals surface area (Å²) in [4.78, 5) is 13.0. The summed E-state index contributed by atoms with van der Waals surface area (Å²) < 4.78 is 27.7. The van der Waals surface area contributed by atoms with Crippen LogP contribution in [0.15, 0.2) is 41.5 Å². The third-order valence-electron chi connectivity index (χ3n) is 2.98. The lowest BCUT2D eigenvalue weighted by Crippen LogP contribution is -2.24. The van der Waals surface area contributed by atoms with Crippen LogP contribution in [0.3, 0.4) is 0 Å². The molecule has 1 aromatic carbocycles. The second kappa shape index (κ2) is 8.57. The molecule has 1 amide bonds. The molecule has 2 aromatic rings. The summed E-state index contributed by atoms with van der Waals surface area (Å²) in [5.41, 5.74) is 3.70. The van der Waals surface area contributed by atoms with E-state index in [-0.39, 0.29) is 18.3 Å². The molecule has 0 aliphatic rings. The van der Waals surface area contributed by atoms with Crippen LogP contribution in [-0.4, -0.2) is 40.0 Å². The van der Waals surface area contributed by atoms with Gasteiger partial charge in [-0.3, -0.25) is 4.79 Å². The fourth-order valence-electron chi connectivity index (χ4n) is 1.99. The number of ether oxygens (including phenoxy) is 1. The van der Waals surface area contributed by atoms with Crippen molar-refractivity contribution in [3.63, 3.8) is 0 Å². The van der Waals surface area contributed by atoms with Crippen LogP contribution in [0.5, 0.6) is 0 Å². The van der Waals surface area contributed by atoms with Gasteiger partial charge < -0.3 is 4.74 Å². The van der Waals surface area contributed by atoms with Gasteiger partial charge in [0.15, 0.2) is 9.84 Å². The number of carbonyl (C=O) groups excluding carboxylic acids is 1. The molecular formula is C16H17ClN2O4S2. The molecule has 25 heavy (non-hydrogen) atoms. The molecule has 9 heteroatoms. The minimum Gasteiger partial charge on any atom is -0.375 e. The number of rotatable bonds is 7. The standard InChI is InChI=1S/C16H17ClN2O4S2/c1-23-9-15(20)18-19-16(11-3-5-12(17)6-4-11)14-8-7-13(24-14)10-25(2,21)22/h3-8H,9-10H2,1-2H3,(H,18,20). The van der Waals surface area contributed by atoms with Crippen LogP contribution in [-0.2, 0) is 25.1 Å². The van der Waals surface area contributed by atoms with E-state index in [0.29, 0.717) is 15.6 Å². The summed E-state index contributed by atoms with van der Waals surface area (Å²) in [6, 6.07) is 10.5. The van der Waals surface area contributed by atoms with Crippen LogP contribution < -0.4 is 5.43 Å². The van der Waals surface area contributed by atoms with E-state index in [4.69, 9.17) is 16.3 Å². The third-order valence-corrected chi connectivity index (χ3v) is 5.35. The lowest BCUT2D eigenvalue weighted by molar-refractivity contribution is -0.124. The van der Waals surface area contributed by atoms with Crippen molar-refractivity contribution in [3.05, 3.63) is 56.7 Å². The van der Waals surface area contributed by atoms with Gasteiger partial charge in [0.25, 0.3) is 5.91 Å². The number of sulfone groups is 1. The smallest absolute Gasteiger partial charge is 0.266 e. The average Bonchev–Trinajstić information content (AvgIpc) is 2.95. The van der Waals surface area contributed by atoms with Crippen LogP contribution in [0.4, 0.5) is 0 Å². The van der Waals surface area contributed by atoms with Gasteiger partial charge in [-0.15, -0.1) is 11.3 Å². The van der Waals surface area contributed by atoms with Gasteiger partial charge in [0, 0.05) is 28.8 Å². The van der Waals surface area contributed by atoms with Crippen molar-refractivity contribution in [2.75, 3.05) is 20.0 Å². The van der Waals surface area contributed by atoms with Crippen molar-refractivity contribution in [1.29, 1.82) is 0 Å². The normalized spacial score (nSPS) is 12.2. The molecule has 0 bridgehead atoms. The second-order valence-corrected chi connectivity index (χ2v) is 9.02. The molecule has 1 aromatic heterocycles. The third kappa shape index (κ3) is 6.24. The molecule has 0 fully saturated rings. The van der Waals surface area contributed by atoms with E-state index in [0.717, 1.165) is 10.4 Å². The number of hydrazone groups is 1. The Labute approximate surface area is 155 Å². The maximum Gasteiger partial charge on any atom is 0.266 e. The van der Waals surface area contributed by atoms with E-state index in [1.54, 1.807) is 36.4 Å². The minimum absolute atomic E-state index is 0.0401. The number of benzene rings is 1. The molecule has 1 heterocycles. The Bertz CT molecular complexity index is 874. The van der Waals surface area contributed by atoms with Gasteiger partial charge in [0.2, 0.25) is 0 Å². The molecule has 0 radical (unpaired) electrons. The molecule has 0 saturated carbocycles. The molecule has 0 unspecified atom stereocenters. The van der Waals surface area contributed by atoms with E-state index in [1.165, 1.54) is 24.7 Å². The van der Waals surface area contributed by atoms with E-state index in [1.807, 2.05) is 0 Å². The van der Waals surface area contributed by atoms with Crippen LogP contribution in [0, 0.1) is 0 Å². The highest BCUT2D eigenvalue weighted by Gasteiger charge is 2.14. The van der Waals surface area contributed by atoms with Gasteiger partial charge in [-0.2, -0.15) is 5.10 Å². The molecule has 0 atom stereocenters. The number of amides is 1. The van der Waals surface area contributed by atoms with Gasteiger partial charge in [0.1, 0.15) is 12.3 Å². The first kappa shape index (κ1) is 19.6. The molecule has 0 aliphatic carbocycles. The number of methoxy groups -OCH3 is 1. The van der Waals surface area contributed by atoms with Gasteiger partial charge in [0.05, 0.1) is 10.6 Å². The Morgan fingerprint density at radius 1 is 1.24 bits per heavy atom. The van der Waals surface area contributed by atoms with Crippen molar-refractivity contribution in [2.45, 2.75) is 5.75 Å². The maximum absolute atomic E-state index is 11.6. The van der Waals surface area contributed by atoms with Gasteiger partial charge >= 0.3 is 0 Å². The molecule has 2 rings (SSSR count). The molecular weight excluding hydrogens is 384 g/mol. The first-order valence-electron chi connectivity index (χ1n) is 7.16. The maximum atomic E-state index is 11.6. The quantitative estimate of drug-likeness (QED) is 0.571. The molecule has 6 nitrogen and oxygen atoms in total. The summed E-state index contributed by atoms with van der Waals surface area (Å²) in [6.45, 7) is -0.110. The Hall–Kier alpha value is -1.74. The predicted molar refractivity (Wildman–Crippen MR) is 100.0 cm³/mol. The highest BCUT2D eigenvalue weighted by atomic mass is 35.5. The first-order chi connectivity index (χ1) is 11.8. The highest BCUT2D eigenvalue weighted by molar-refractivity contribution is 7.90. The summed E-state index contributed by atoms with van der Waals surface area (Å²) in [7, 11) is -1.71. The summed E-state index contributed by atoms with van der Waals surface area (Å²) in [5.74, 6) is -0.427. The van der Waals surface area contributed by atoms with Gasteiger partial charge in [-0.1, -0.05) is 23.7 Å². The van der Waals surface area contributed by atoms with Gasteiger partial charge in [-0.05, 0) is 24.3 Å². The van der Waals surface area contributed by atoms with Crippen molar-refractivity contribution in [3.8, 4) is 0 Å². The number of halogens is 1. The molecule has 0 aliphatic heterocycles. The molecule has 0 saturated heterocycles. The summed E-state index contributed by atoms with van der Waals surface area (Å²) >= 11 is 7.22. The van der Waals surface area contributed by atoms with E-state index >= 15 is 0 Å². The van der Waals surface area contributed by atoms with Crippen LogP contribution >= 0.6 is 22.9 Å². The Kier molecular flexibility index (Phi) is 6.71. The van der Waals surface area contributed by atoms with E-state index in [9.17, 15) is 13.2 Å². The second-order valence-electron chi connectivity index (χ2n) is 5.27. The SMILES string of the molecule is COCC(=O)NN=C(c1ccc(Cl)cc1)c1ccc(CS(C)(=O)=O)s1. The number of hydrogen-bond donors (Lipinski definition) is 1. The largest absolute Gasteiger partial charge is 0.375 e. The van der Waals surface area contributed by atoms with E-state index < -0.39 is 9.84 Å². The molecule has 0 spiro atoms. The number of nitrogens with one attached hydrogen (secondary N) is 1. The summed E-state index contributed by atoms with van der Waals surface area (Å²) in [5, 5.41) is 4.76. The number of nitrogens with zero attached hydrogens (tertiary/aromatic N) is 1. The molecule has 134 valence electrons. The van der Waals surface area contributed by atoms with Crippen LogP contribution in [0.2, 0.25) is 5.02 Å². The van der Waals surface area contributed by atoms with Crippen LogP contribution in [0.1, 0.15) is 15.3 Å². The van der Waals surface area contributed by atoms with Crippen molar-refractivity contribution < 1.29 is 17.9 Å². The van der Waals surface area contributed by atoms with E-state index in [2.05, 4.69) is 10.5 Å². The van der Waals surface area contributed by atoms with Gasteiger partial charge in [-0.25, -0.2) is 13.8 Å². The fourth-order valence-corrected chi connectivity index (χ4v) is 4.42. The molecule has 1 N–H and O–H groups in total. The first-order valence-corrected chi connectivity index (χ1v) is 10.4. The highest BCUT2D eigenvalue weighted by Crippen LogP contribution is 2.23. The monoisotopic (exact) mass is 400 g/mol. The fraction of sp³-hybridized carbons (Fsp3) is 0.250. The summed E-state index contributed by atoms with van der Waals surface area (Å²) in [6.07, 6.45) is 1.19. The zero-order valence-electron chi connectivity index (χ0n) is 13.7. The van der Waals surface area contributed by atoms with Crippen molar-refractivity contribution >= 4 is 44.4 Å². The topological polar surface area (TPSA) is 84.8 Å². The Balaban J connectivity index is 2.36. The van der Waals surface area contributed by atoms with Crippen LogP contribution in [0.25, 0.3) is 0 Å². The zero-order valence-corrected chi connectivity index (χ0v) is 16.0. The van der Waals surface area contributed by atoms with Crippen molar-refractivity contribution in [2.24, 2.45) is 5.10 Å². The number of hydrogen-bond acceptors (Lipinski definition) is 6. The number of thiophene rings is 1. The average molecular weight is 401 g/mol. The predicted octanol–water partition coefficient (Wildman–Crippen LogP) is 2.46. The number of carbonyl (C=O) groups is 1. The Morgan fingerprint density at radius 2 is 1.92 bits per heavy atom. The zero-order chi connectivity index (χ0) is 18.4. The van der Waals surface area contributed by atoms with Crippen molar-refractivity contribution in [1.82, 2.24) is 5.43 Å². The lowest BCUT2D eigenvalue weighted by Gasteiger charge is -2.06.